The zero-order valence-corrected chi connectivity index (χ0v) is 13.0. The van der Waals surface area contributed by atoms with Crippen molar-refractivity contribution in [3.63, 3.8) is 0 Å². The Labute approximate surface area is 144 Å². The lowest BCUT2D eigenvalue weighted by Crippen LogP contribution is -2.15. The molecular weight excluding hydrogens is 359 g/mol. The number of nitro benzene ring substituents is 1. The zero-order chi connectivity index (χ0) is 19.3. The maximum Gasteiger partial charge on any atom is 0.423 e. The van der Waals surface area contributed by atoms with Crippen LogP contribution in [0.3, 0.4) is 0 Å². The van der Waals surface area contributed by atoms with Gasteiger partial charge >= 0.3 is 6.18 Å². The van der Waals surface area contributed by atoms with Gasteiger partial charge in [-0.1, -0.05) is 0 Å². The van der Waals surface area contributed by atoms with E-state index in [-0.39, 0.29) is 24.5 Å². The first kappa shape index (κ1) is 18.9. The van der Waals surface area contributed by atoms with E-state index in [0.717, 1.165) is 12.3 Å². The Bertz CT molecular complexity index is 811. The number of nitro groups is 2. The lowest BCUT2D eigenvalue weighted by Gasteiger charge is -2.11. The van der Waals surface area contributed by atoms with E-state index in [0.29, 0.717) is 11.9 Å². The van der Waals surface area contributed by atoms with E-state index in [4.69, 9.17) is 0 Å². The molecule has 1 aromatic carbocycles. The summed E-state index contributed by atoms with van der Waals surface area (Å²) in [4.78, 5) is 23.3. The summed E-state index contributed by atoms with van der Waals surface area (Å²) in [5.41, 5.74) is -2.45. The van der Waals surface area contributed by atoms with Gasteiger partial charge in [-0.15, -0.1) is 0 Å². The molecule has 138 valence electrons. The predicted molar refractivity (Wildman–Crippen MR) is 86.0 cm³/mol. The first-order valence-electron chi connectivity index (χ1n) is 7.12. The number of nitrogens with zero attached hydrogens (tertiary/aromatic N) is 3. The van der Waals surface area contributed by atoms with Crippen LogP contribution in [0.2, 0.25) is 0 Å². The second-order valence-electron chi connectivity index (χ2n) is 5.00. The van der Waals surface area contributed by atoms with Crippen molar-refractivity contribution in [2.24, 2.45) is 0 Å². The number of pyridine rings is 1. The van der Waals surface area contributed by atoms with E-state index in [1.807, 2.05) is 0 Å². The van der Waals surface area contributed by atoms with E-state index in [9.17, 15) is 33.4 Å². The van der Waals surface area contributed by atoms with Gasteiger partial charge in [0.1, 0.15) is 17.6 Å². The third-order valence-electron chi connectivity index (χ3n) is 3.22. The summed E-state index contributed by atoms with van der Waals surface area (Å²) in [6.45, 7) is 0.441. The summed E-state index contributed by atoms with van der Waals surface area (Å²) < 4.78 is 38.7. The van der Waals surface area contributed by atoms with Crippen molar-refractivity contribution in [2.75, 3.05) is 23.7 Å². The van der Waals surface area contributed by atoms with Gasteiger partial charge in [0.05, 0.1) is 9.85 Å². The maximum atomic E-state index is 12.9. The Morgan fingerprint density at radius 2 is 1.69 bits per heavy atom. The molecular formula is C14H12F3N5O4. The lowest BCUT2D eigenvalue weighted by atomic mass is 10.1. The van der Waals surface area contributed by atoms with Gasteiger partial charge < -0.3 is 10.6 Å². The Morgan fingerprint density at radius 1 is 1.00 bits per heavy atom. The average molecular weight is 371 g/mol. The summed E-state index contributed by atoms with van der Waals surface area (Å²) in [6, 6.07) is 5.29. The molecule has 0 atom stereocenters. The highest BCUT2D eigenvalue weighted by Crippen LogP contribution is 2.37. The van der Waals surface area contributed by atoms with Crippen LogP contribution in [0.5, 0.6) is 0 Å². The summed E-state index contributed by atoms with van der Waals surface area (Å²) in [6.07, 6.45) is -3.78. The summed E-state index contributed by atoms with van der Waals surface area (Å²) in [5, 5.41) is 26.7. The van der Waals surface area contributed by atoms with Crippen LogP contribution in [0.15, 0.2) is 36.5 Å². The zero-order valence-electron chi connectivity index (χ0n) is 13.0. The molecule has 1 aromatic heterocycles. The molecule has 0 saturated heterocycles. The number of hydrogen-bond acceptors (Lipinski definition) is 7. The molecule has 0 amide bonds. The van der Waals surface area contributed by atoms with Gasteiger partial charge in [-0.3, -0.25) is 20.2 Å². The van der Waals surface area contributed by atoms with Gasteiger partial charge in [0.15, 0.2) is 0 Å². The van der Waals surface area contributed by atoms with Gasteiger partial charge in [0.25, 0.3) is 11.4 Å². The largest absolute Gasteiger partial charge is 0.423 e. The topological polar surface area (TPSA) is 123 Å². The molecule has 0 unspecified atom stereocenters. The summed E-state index contributed by atoms with van der Waals surface area (Å²) in [5.74, 6) is 0.358. The van der Waals surface area contributed by atoms with Crippen LogP contribution in [-0.4, -0.2) is 27.9 Å². The maximum absolute atomic E-state index is 12.9. The third kappa shape index (κ3) is 4.78. The van der Waals surface area contributed by atoms with Crippen LogP contribution in [-0.2, 0) is 6.18 Å². The van der Waals surface area contributed by atoms with Crippen LogP contribution in [0.1, 0.15) is 5.56 Å². The average Bonchev–Trinajstić information content (AvgIpc) is 2.58. The van der Waals surface area contributed by atoms with Crippen molar-refractivity contribution in [3.8, 4) is 0 Å². The normalized spacial score (nSPS) is 11.0. The number of nitrogens with one attached hydrogen (secondary N) is 2. The number of alkyl halides is 3. The van der Waals surface area contributed by atoms with Crippen LogP contribution in [0.25, 0.3) is 0 Å². The van der Waals surface area contributed by atoms with Gasteiger partial charge in [-0.2, -0.15) is 13.2 Å². The first-order valence-corrected chi connectivity index (χ1v) is 7.12. The van der Waals surface area contributed by atoms with E-state index in [2.05, 4.69) is 15.6 Å². The number of aromatic nitrogens is 1. The van der Waals surface area contributed by atoms with Crippen LogP contribution in [0.4, 0.5) is 36.1 Å². The number of rotatable bonds is 7. The number of benzene rings is 1. The minimum absolute atomic E-state index is 0.0707. The highest BCUT2D eigenvalue weighted by Gasteiger charge is 2.38. The van der Waals surface area contributed by atoms with E-state index < -0.39 is 27.3 Å². The van der Waals surface area contributed by atoms with Gasteiger partial charge in [0.2, 0.25) is 0 Å². The smallest absolute Gasteiger partial charge is 0.383 e. The van der Waals surface area contributed by atoms with Crippen LogP contribution in [0, 0.1) is 20.2 Å². The molecule has 2 aromatic rings. The number of hydrogen-bond donors (Lipinski definition) is 2. The van der Waals surface area contributed by atoms with E-state index in [1.165, 1.54) is 18.2 Å². The first-order chi connectivity index (χ1) is 12.2. The molecule has 26 heavy (non-hydrogen) atoms. The SMILES string of the molecule is O=[N+]([O-])c1ccc(NCCNc2ccc([N+](=O)[O-])c(C(F)(F)F)c2)nc1. The minimum atomic E-state index is -4.85. The molecule has 9 nitrogen and oxygen atoms in total. The molecule has 2 rings (SSSR count). The molecule has 1 heterocycles. The minimum Gasteiger partial charge on any atom is -0.383 e. The fourth-order valence-electron chi connectivity index (χ4n) is 2.03. The number of anilines is 2. The molecule has 12 heteroatoms. The Balaban J connectivity index is 1.95. The molecule has 0 saturated carbocycles. The van der Waals surface area contributed by atoms with Crippen LogP contribution < -0.4 is 10.6 Å². The molecule has 0 bridgehead atoms. The van der Waals surface area contributed by atoms with Crippen molar-refractivity contribution in [1.29, 1.82) is 0 Å². The monoisotopic (exact) mass is 371 g/mol. The second kappa shape index (κ2) is 7.63. The number of halogens is 3. The predicted octanol–water partition coefficient (Wildman–Crippen LogP) is 3.44. The Hall–Kier alpha value is -3.44. The second-order valence-corrected chi connectivity index (χ2v) is 5.00. The Morgan fingerprint density at radius 3 is 2.23 bits per heavy atom. The highest BCUT2D eigenvalue weighted by atomic mass is 19.4. The highest BCUT2D eigenvalue weighted by molar-refractivity contribution is 5.55. The quantitative estimate of drug-likeness (QED) is 0.434. The molecule has 2 N–H and O–H groups in total. The molecule has 0 radical (unpaired) electrons. The molecule has 0 spiro atoms. The lowest BCUT2D eigenvalue weighted by molar-refractivity contribution is -0.388. The van der Waals surface area contributed by atoms with Crippen molar-refractivity contribution >= 4 is 22.9 Å². The molecule has 0 aliphatic carbocycles. The summed E-state index contributed by atoms with van der Waals surface area (Å²) >= 11 is 0. The van der Waals surface area contributed by atoms with Crippen LogP contribution >= 0.6 is 0 Å². The Kier molecular flexibility index (Phi) is 5.54. The van der Waals surface area contributed by atoms with Gasteiger partial charge in [-0.25, -0.2) is 4.98 Å². The van der Waals surface area contributed by atoms with E-state index in [1.54, 1.807) is 0 Å². The third-order valence-corrected chi connectivity index (χ3v) is 3.22. The molecule has 0 fully saturated rings. The van der Waals surface area contributed by atoms with E-state index >= 15 is 0 Å². The van der Waals surface area contributed by atoms with Crippen molar-refractivity contribution in [3.05, 3.63) is 62.3 Å². The van der Waals surface area contributed by atoms with Gasteiger partial charge in [0, 0.05) is 30.9 Å². The standard InChI is InChI=1S/C14H12F3N5O4/c15-14(16,17)11-7-9(1-3-12(11)22(25)26)18-5-6-19-13-4-2-10(8-20-13)21(23)24/h1-4,7-8,18H,5-6H2,(H,19,20). The fraction of sp³-hybridized carbons (Fsp3) is 0.214. The molecule has 0 aliphatic rings. The van der Waals surface area contributed by atoms with Crippen molar-refractivity contribution in [1.82, 2.24) is 4.98 Å². The fourth-order valence-corrected chi connectivity index (χ4v) is 2.03. The molecule has 0 aliphatic heterocycles. The summed E-state index contributed by atoms with van der Waals surface area (Å²) in [7, 11) is 0. The van der Waals surface area contributed by atoms with Crippen molar-refractivity contribution in [2.45, 2.75) is 6.18 Å². The van der Waals surface area contributed by atoms with Crippen molar-refractivity contribution < 1.29 is 23.0 Å². The van der Waals surface area contributed by atoms with Gasteiger partial charge in [-0.05, 0) is 18.2 Å².